The second-order valence-corrected chi connectivity index (χ2v) is 7.09. The molecule has 6 nitrogen and oxygen atoms in total. The quantitative estimate of drug-likeness (QED) is 0.304. The Kier molecular flexibility index (Phi) is 7.56. The SMILES string of the molecule is [2H]C([2H])(c1ccccc1OCCCCCC(=O)O)N(Cc1ccc(F)nc1)Cc1ccco1. The van der Waals surface area contributed by atoms with Gasteiger partial charge in [-0.25, -0.2) is 4.98 Å². The minimum atomic E-state index is -1.94. The Morgan fingerprint density at radius 3 is 2.74 bits per heavy atom. The fraction of sp³-hybridized carbons (Fsp3) is 0.333. The van der Waals surface area contributed by atoms with E-state index < -0.39 is 18.4 Å². The number of pyridine rings is 1. The summed E-state index contributed by atoms with van der Waals surface area (Å²) in [6, 6.07) is 13.3. The van der Waals surface area contributed by atoms with Crippen LogP contribution in [-0.4, -0.2) is 27.6 Å². The summed E-state index contributed by atoms with van der Waals surface area (Å²) >= 11 is 0. The van der Waals surface area contributed by atoms with E-state index in [9.17, 15) is 9.18 Å². The Labute approximate surface area is 184 Å². The minimum absolute atomic E-state index is 0.124. The highest BCUT2D eigenvalue weighted by molar-refractivity contribution is 5.66. The van der Waals surface area contributed by atoms with Gasteiger partial charge in [-0.1, -0.05) is 24.3 Å². The lowest BCUT2D eigenvalue weighted by molar-refractivity contribution is -0.137. The number of nitrogens with zero attached hydrogens (tertiary/aromatic N) is 2. The zero-order valence-electron chi connectivity index (χ0n) is 19.2. The number of carbonyl (C=O) groups is 1. The van der Waals surface area contributed by atoms with E-state index in [0.717, 1.165) is 0 Å². The number of para-hydroxylation sites is 1. The predicted octanol–water partition coefficient (Wildman–Crippen LogP) is 5.04. The number of aromatic nitrogens is 1. The maximum atomic E-state index is 13.3. The highest BCUT2D eigenvalue weighted by atomic mass is 19.1. The number of benzene rings is 1. The monoisotopic (exact) mass is 428 g/mol. The van der Waals surface area contributed by atoms with Gasteiger partial charge in [0, 0.05) is 34.0 Å². The molecular formula is C24H27FN2O4. The molecule has 1 N–H and O–H groups in total. The second kappa shape index (κ2) is 11.9. The van der Waals surface area contributed by atoms with Crippen molar-refractivity contribution in [1.29, 1.82) is 0 Å². The Morgan fingerprint density at radius 1 is 1.13 bits per heavy atom. The van der Waals surface area contributed by atoms with Gasteiger partial charge < -0.3 is 14.3 Å². The summed E-state index contributed by atoms with van der Waals surface area (Å²) in [6.07, 6.45) is 5.00. The van der Waals surface area contributed by atoms with Gasteiger partial charge in [0.1, 0.15) is 11.5 Å². The molecule has 3 aromatic rings. The summed E-state index contributed by atoms with van der Waals surface area (Å²) < 4.78 is 42.5. The molecule has 2 heterocycles. The molecule has 0 aliphatic heterocycles. The highest BCUT2D eigenvalue weighted by Gasteiger charge is 2.13. The average Bonchev–Trinajstić information content (AvgIpc) is 3.30. The van der Waals surface area contributed by atoms with Gasteiger partial charge >= 0.3 is 5.97 Å². The van der Waals surface area contributed by atoms with Crippen LogP contribution in [0.15, 0.2) is 65.4 Å². The van der Waals surface area contributed by atoms with Crippen LogP contribution in [0.5, 0.6) is 5.75 Å². The van der Waals surface area contributed by atoms with Crippen LogP contribution in [0.1, 0.15) is 45.3 Å². The molecule has 0 amide bonds. The van der Waals surface area contributed by atoms with Crippen LogP contribution in [0.2, 0.25) is 0 Å². The topological polar surface area (TPSA) is 75.8 Å². The zero-order chi connectivity index (χ0) is 23.7. The van der Waals surface area contributed by atoms with Gasteiger partial charge in [-0.15, -0.1) is 0 Å². The highest BCUT2D eigenvalue weighted by Crippen LogP contribution is 2.23. The fourth-order valence-corrected chi connectivity index (χ4v) is 3.04. The number of ether oxygens (including phenoxy) is 1. The largest absolute Gasteiger partial charge is 0.493 e. The zero-order valence-corrected chi connectivity index (χ0v) is 17.2. The fourth-order valence-electron chi connectivity index (χ4n) is 3.04. The predicted molar refractivity (Wildman–Crippen MR) is 114 cm³/mol. The van der Waals surface area contributed by atoms with E-state index in [0.29, 0.717) is 48.5 Å². The van der Waals surface area contributed by atoms with Gasteiger partial charge in [-0.2, -0.15) is 4.39 Å². The Hall–Kier alpha value is -3.19. The van der Waals surface area contributed by atoms with E-state index in [1.54, 1.807) is 47.4 Å². The molecule has 0 saturated heterocycles. The molecule has 0 unspecified atom stereocenters. The molecule has 31 heavy (non-hydrogen) atoms. The van der Waals surface area contributed by atoms with Crippen molar-refractivity contribution in [3.8, 4) is 5.75 Å². The van der Waals surface area contributed by atoms with Crippen LogP contribution in [0.4, 0.5) is 4.39 Å². The molecule has 3 rings (SSSR count). The molecule has 0 aliphatic rings. The number of hydrogen-bond donors (Lipinski definition) is 1. The summed E-state index contributed by atoms with van der Waals surface area (Å²) in [6.45, 7) is -1.24. The van der Waals surface area contributed by atoms with Gasteiger partial charge in [0.05, 0.1) is 19.4 Å². The van der Waals surface area contributed by atoms with Crippen LogP contribution in [0.25, 0.3) is 0 Å². The molecule has 0 radical (unpaired) electrons. The summed E-state index contributed by atoms with van der Waals surface area (Å²) in [4.78, 5) is 15.9. The van der Waals surface area contributed by atoms with E-state index in [-0.39, 0.29) is 19.5 Å². The lowest BCUT2D eigenvalue weighted by atomic mass is 10.1. The first kappa shape index (κ1) is 19.8. The van der Waals surface area contributed by atoms with E-state index in [1.807, 2.05) is 0 Å². The van der Waals surface area contributed by atoms with Crippen molar-refractivity contribution in [3.63, 3.8) is 0 Å². The first-order valence-corrected chi connectivity index (χ1v) is 10.2. The number of carboxylic acids is 1. The third-order valence-corrected chi connectivity index (χ3v) is 4.55. The molecule has 7 heteroatoms. The number of carboxylic acid groups (broad SMARTS) is 1. The Morgan fingerprint density at radius 2 is 2.00 bits per heavy atom. The minimum Gasteiger partial charge on any atom is -0.493 e. The molecule has 0 spiro atoms. The van der Waals surface area contributed by atoms with Crippen molar-refractivity contribution < 1.29 is 26.2 Å². The number of furan rings is 1. The van der Waals surface area contributed by atoms with Gasteiger partial charge in [-0.05, 0) is 49.1 Å². The number of halogens is 1. The van der Waals surface area contributed by atoms with Crippen molar-refractivity contribution in [1.82, 2.24) is 9.88 Å². The van der Waals surface area contributed by atoms with Crippen molar-refractivity contribution >= 4 is 5.97 Å². The average molecular weight is 429 g/mol. The second-order valence-electron chi connectivity index (χ2n) is 7.09. The summed E-state index contributed by atoms with van der Waals surface area (Å²) in [5.41, 5.74) is 1.01. The Balaban J connectivity index is 1.77. The standard InChI is InChI=1S/C24H27FN2O4/c25-23-12-11-19(15-26-23)16-27(18-21-8-6-14-30-21)17-20-7-3-4-9-22(20)31-13-5-1-2-10-24(28)29/h3-4,6-9,11-12,14-15H,1-2,5,10,13,16-18H2,(H,28,29)/i17D2. The van der Waals surface area contributed by atoms with Crippen LogP contribution < -0.4 is 4.74 Å². The summed E-state index contributed by atoms with van der Waals surface area (Å²) in [5.74, 6) is -0.405. The van der Waals surface area contributed by atoms with E-state index in [2.05, 4.69) is 4.98 Å². The number of aliphatic carboxylic acids is 1. The van der Waals surface area contributed by atoms with E-state index >= 15 is 0 Å². The van der Waals surface area contributed by atoms with Gasteiger partial charge in [-0.3, -0.25) is 9.69 Å². The first-order valence-electron chi connectivity index (χ1n) is 11.2. The molecule has 0 aliphatic carbocycles. The molecule has 164 valence electrons. The van der Waals surface area contributed by atoms with Crippen molar-refractivity contribution in [2.45, 2.75) is 45.3 Å². The van der Waals surface area contributed by atoms with E-state index in [4.69, 9.17) is 17.0 Å². The summed E-state index contributed by atoms with van der Waals surface area (Å²) in [5, 5.41) is 8.73. The third kappa shape index (κ3) is 7.86. The maximum Gasteiger partial charge on any atom is 0.303 e. The van der Waals surface area contributed by atoms with Crippen LogP contribution in [0.3, 0.4) is 0 Å². The lowest BCUT2D eigenvalue weighted by Crippen LogP contribution is -2.22. The number of unbranched alkanes of at least 4 members (excludes halogenated alkanes) is 2. The van der Waals surface area contributed by atoms with E-state index in [1.165, 1.54) is 18.5 Å². The Bertz CT molecular complexity index is 1010. The summed E-state index contributed by atoms with van der Waals surface area (Å²) in [7, 11) is 0. The number of hydrogen-bond acceptors (Lipinski definition) is 5. The lowest BCUT2D eigenvalue weighted by Gasteiger charge is -2.23. The third-order valence-electron chi connectivity index (χ3n) is 4.55. The molecule has 2 aromatic heterocycles. The molecule has 0 fully saturated rings. The van der Waals surface area contributed by atoms with Crippen molar-refractivity contribution in [2.24, 2.45) is 0 Å². The molecule has 0 saturated carbocycles. The normalized spacial score (nSPS) is 12.5. The molecular weight excluding hydrogens is 399 g/mol. The van der Waals surface area contributed by atoms with Crippen LogP contribution >= 0.6 is 0 Å². The molecule has 1 aromatic carbocycles. The van der Waals surface area contributed by atoms with Crippen LogP contribution in [-0.2, 0) is 24.4 Å². The number of rotatable bonds is 13. The van der Waals surface area contributed by atoms with Crippen LogP contribution in [0, 0.1) is 5.95 Å². The van der Waals surface area contributed by atoms with Gasteiger partial charge in [0.25, 0.3) is 0 Å². The van der Waals surface area contributed by atoms with Gasteiger partial charge in [0.2, 0.25) is 5.95 Å². The smallest absolute Gasteiger partial charge is 0.303 e. The van der Waals surface area contributed by atoms with Gasteiger partial charge in [0.15, 0.2) is 0 Å². The van der Waals surface area contributed by atoms with Crippen molar-refractivity contribution in [2.75, 3.05) is 6.61 Å². The maximum absolute atomic E-state index is 13.3. The first-order chi connectivity index (χ1) is 15.9. The molecule has 0 atom stereocenters. The van der Waals surface area contributed by atoms with Crippen molar-refractivity contribution in [3.05, 3.63) is 83.8 Å². The molecule has 0 bridgehead atoms.